The number of carbonyl (C=O) groups excluding carboxylic acids is 1. The lowest BCUT2D eigenvalue weighted by Gasteiger charge is -1.94. The van der Waals surface area contributed by atoms with Crippen LogP contribution in [-0.2, 0) is 11.3 Å². The third-order valence-corrected chi connectivity index (χ3v) is 2.06. The van der Waals surface area contributed by atoms with Gasteiger partial charge in [-0.15, -0.1) is 5.10 Å². The second-order valence-corrected chi connectivity index (χ2v) is 3.26. The molecule has 6 heteroatoms. The van der Waals surface area contributed by atoms with Crippen molar-refractivity contribution in [1.29, 1.82) is 0 Å². The fourth-order valence-electron chi connectivity index (χ4n) is 1.29. The molecule has 2 heterocycles. The van der Waals surface area contributed by atoms with Crippen molar-refractivity contribution in [3.05, 3.63) is 29.1 Å². The van der Waals surface area contributed by atoms with Gasteiger partial charge in [0.2, 0.25) is 0 Å². The van der Waals surface area contributed by atoms with Gasteiger partial charge in [-0.2, -0.15) is 0 Å². The van der Waals surface area contributed by atoms with Crippen LogP contribution in [0.2, 0.25) is 0 Å². The predicted molar refractivity (Wildman–Crippen MR) is 52.5 cm³/mol. The molecule has 0 spiro atoms. The number of nitrogens with zero attached hydrogens (tertiary/aromatic N) is 4. The molecule has 78 valence electrons. The molecular formula is C9H10N4O2. The molecule has 0 bridgehead atoms. The van der Waals surface area contributed by atoms with Crippen LogP contribution in [-0.4, -0.2) is 24.9 Å². The minimum absolute atomic E-state index is 0.0390. The highest BCUT2D eigenvalue weighted by Gasteiger charge is 2.06. The topological polar surface area (TPSA) is 69.3 Å². The molecule has 2 rings (SSSR count). The molecule has 0 aliphatic carbocycles. The van der Waals surface area contributed by atoms with Gasteiger partial charge < -0.3 is 0 Å². The van der Waals surface area contributed by atoms with Gasteiger partial charge in [-0.1, -0.05) is 0 Å². The fourth-order valence-corrected chi connectivity index (χ4v) is 1.29. The summed E-state index contributed by atoms with van der Waals surface area (Å²) in [5.74, 6) is 0.0390. The molecule has 15 heavy (non-hydrogen) atoms. The fraction of sp³-hybridized carbons (Fsp3) is 0.333. The molecule has 2 aromatic heterocycles. The third-order valence-electron chi connectivity index (χ3n) is 2.06. The van der Waals surface area contributed by atoms with E-state index in [1.165, 1.54) is 28.4 Å². The number of carbonyl (C=O) groups is 1. The standard InChI is InChI=1S/C9H10N4O2/c1-7(14)2-4-13-9(15)12-5-3-10-6-8(12)11-13/h3,5-6H,2,4H2,1H3. The highest BCUT2D eigenvalue weighted by molar-refractivity contribution is 5.75. The molecule has 0 N–H and O–H groups in total. The zero-order valence-corrected chi connectivity index (χ0v) is 8.25. The summed E-state index contributed by atoms with van der Waals surface area (Å²) in [6.45, 7) is 1.80. The van der Waals surface area contributed by atoms with E-state index in [0.29, 0.717) is 18.6 Å². The summed E-state index contributed by atoms with van der Waals surface area (Å²) in [4.78, 5) is 26.3. The SMILES string of the molecule is CC(=O)CCn1nc2cnccn2c1=O. The lowest BCUT2D eigenvalue weighted by molar-refractivity contribution is -0.117. The lowest BCUT2D eigenvalue weighted by atomic mass is 10.3. The maximum Gasteiger partial charge on any atom is 0.350 e. The average molecular weight is 206 g/mol. The molecule has 0 unspecified atom stereocenters. The van der Waals surface area contributed by atoms with Crippen molar-refractivity contribution in [1.82, 2.24) is 19.2 Å². The van der Waals surface area contributed by atoms with Crippen LogP contribution in [0.25, 0.3) is 5.65 Å². The highest BCUT2D eigenvalue weighted by atomic mass is 16.2. The number of rotatable bonds is 3. The Morgan fingerprint density at radius 1 is 1.53 bits per heavy atom. The van der Waals surface area contributed by atoms with Crippen molar-refractivity contribution >= 4 is 11.4 Å². The Morgan fingerprint density at radius 2 is 2.33 bits per heavy atom. The number of hydrogen-bond acceptors (Lipinski definition) is 4. The Morgan fingerprint density at radius 3 is 3.00 bits per heavy atom. The summed E-state index contributed by atoms with van der Waals surface area (Å²) in [5.41, 5.74) is 0.250. The van der Waals surface area contributed by atoms with Crippen molar-refractivity contribution < 1.29 is 4.79 Å². The highest BCUT2D eigenvalue weighted by Crippen LogP contribution is 1.93. The van der Waals surface area contributed by atoms with Crippen LogP contribution in [0.4, 0.5) is 0 Å². The van der Waals surface area contributed by atoms with Crippen LogP contribution in [0.5, 0.6) is 0 Å². The van der Waals surface area contributed by atoms with Crippen molar-refractivity contribution in [2.75, 3.05) is 0 Å². The zero-order valence-electron chi connectivity index (χ0n) is 8.25. The molecule has 0 saturated carbocycles. The van der Waals surface area contributed by atoms with Crippen LogP contribution >= 0.6 is 0 Å². The van der Waals surface area contributed by atoms with E-state index >= 15 is 0 Å². The third kappa shape index (κ3) is 1.78. The van der Waals surface area contributed by atoms with Gasteiger partial charge >= 0.3 is 5.69 Å². The first-order valence-corrected chi connectivity index (χ1v) is 4.57. The minimum atomic E-state index is -0.242. The summed E-state index contributed by atoms with van der Waals surface area (Å²) in [6, 6.07) is 0. The number of ketones is 1. The van der Waals surface area contributed by atoms with E-state index in [-0.39, 0.29) is 11.5 Å². The van der Waals surface area contributed by atoms with Crippen LogP contribution < -0.4 is 5.69 Å². The van der Waals surface area contributed by atoms with Crippen LogP contribution in [0.15, 0.2) is 23.4 Å². The largest absolute Gasteiger partial charge is 0.350 e. The smallest absolute Gasteiger partial charge is 0.300 e. The molecule has 0 aliphatic rings. The predicted octanol–water partition coefficient (Wildman–Crippen LogP) is -0.130. The van der Waals surface area contributed by atoms with Crippen molar-refractivity contribution in [3.8, 4) is 0 Å². The molecule has 0 aliphatic heterocycles. The second kappa shape index (κ2) is 3.64. The number of fused-ring (bicyclic) bond motifs is 1. The molecule has 0 amide bonds. The Kier molecular flexibility index (Phi) is 2.32. The number of Topliss-reactive ketones (excluding diaryl/α,β-unsaturated/α-hetero) is 1. The van der Waals surface area contributed by atoms with Crippen LogP contribution in [0, 0.1) is 0 Å². The number of hydrogen-bond donors (Lipinski definition) is 0. The molecule has 0 atom stereocenters. The van der Waals surface area contributed by atoms with Gasteiger partial charge in [0.1, 0.15) is 5.78 Å². The molecule has 0 radical (unpaired) electrons. The quantitative estimate of drug-likeness (QED) is 0.701. The zero-order chi connectivity index (χ0) is 10.8. The Labute approximate surface area is 85.2 Å². The van der Waals surface area contributed by atoms with Crippen LogP contribution in [0.3, 0.4) is 0 Å². The lowest BCUT2D eigenvalue weighted by Crippen LogP contribution is -2.22. The number of aromatic nitrogens is 4. The van der Waals surface area contributed by atoms with Gasteiger partial charge in [0, 0.05) is 18.8 Å². The summed E-state index contributed by atoms with van der Waals surface area (Å²) in [5, 5.41) is 4.04. The molecule has 6 nitrogen and oxygen atoms in total. The van der Waals surface area contributed by atoms with E-state index in [4.69, 9.17) is 0 Å². The van der Waals surface area contributed by atoms with Gasteiger partial charge in [0.05, 0.1) is 12.7 Å². The van der Waals surface area contributed by atoms with E-state index in [1.54, 1.807) is 6.20 Å². The van der Waals surface area contributed by atoms with Crippen LogP contribution in [0.1, 0.15) is 13.3 Å². The van der Waals surface area contributed by atoms with E-state index in [9.17, 15) is 9.59 Å². The van der Waals surface area contributed by atoms with Crippen molar-refractivity contribution in [2.24, 2.45) is 0 Å². The minimum Gasteiger partial charge on any atom is -0.300 e. The molecule has 0 fully saturated rings. The second-order valence-electron chi connectivity index (χ2n) is 3.26. The van der Waals surface area contributed by atoms with Crippen molar-refractivity contribution in [3.63, 3.8) is 0 Å². The van der Waals surface area contributed by atoms with E-state index < -0.39 is 0 Å². The molecular weight excluding hydrogens is 196 g/mol. The number of aryl methyl sites for hydroxylation is 1. The van der Waals surface area contributed by atoms with Gasteiger partial charge in [-0.05, 0) is 6.92 Å². The summed E-state index contributed by atoms with van der Waals surface area (Å²) in [6.07, 6.45) is 4.89. The average Bonchev–Trinajstić information content (AvgIpc) is 2.54. The molecule has 0 aromatic carbocycles. The summed E-state index contributed by atoms with van der Waals surface area (Å²) in [7, 11) is 0. The van der Waals surface area contributed by atoms with E-state index in [2.05, 4.69) is 10.1 Å². The normalized spacial score (nSPS) is 10.7. The maximum absolute atomic E-state index is 11.7. The first-order valence-electron chi connectivity index (χ1n) is 4.57. The molecule has 2 aromatic rings. The van der Waals surface area contributed by atoms with E-state index in [0.717, 1.165) is 0 Å². The maximum atomic E-state index is 11.7. The first kappa shape index (κ1) is 9.57. The Bertz CT molecular complexity index is 554. The first-order chi connectivity index (χ1) is 7.18. The summed E-state index contributed by atoms with van der Waals surface area (Å²) < 4.78 is 2.67. The van der Waals surface area contributed by atoms with E-state index in [1.807, 2.05) is 0 Å². The molecule has 0 saturated heterocycles. The van der Waals surface area contributed by atoms with Gasteiger partial charge in [-0.3, -0.25) is 9.78 Å². The monoisotopic (exact) mass is 206 g/mol. The Balaban J connectivity index is 2.40. The van der Waals surface area contributed by atoms with Gasteiger partial charge in [-0.25, -0.2) is 13.9 Å². The Hall–Kier alpha value is -1.98. The van der Waals surface area contributed by atoms with Gasteiger partial charge in [0.25, 0.3) is 0 Å². The van der Waals surface area contributed by atoms with Crippen molar-refractivity contribution in [2.45, 2.75) is 19.9 Å². The van der Waals surface area contributed by atoms with Gasteiger partial charge in [0.15, 0.2) is 5.65 Å². The summed E-state index contributed by atoms with van der Waals surface area (Å²) >= 11 is 0.